The van der Waals surface area contributed by atoms with Gasteiger partial charge in [-0.1, -0.05) is 0 Å². The molecule has 0 saturated carbocycles. The van der Waals surface area contributed by atoms with Crippen LogP contribution in [0.5, 0.6) is 0 Å². The summed E-state index contributed by atoms with van der Waals surface area (Å²) in [6, 6.07) is -0.434. The van der Waals surface area contributed by atoms with Crippen molar-refractivity contribution in [2.75, 3.05) is 14.2 Å². The van der Waals surface area contributed by atoms with Crippen LogP contribution in [0.3, 0.4) is 0 Å². The van der Waals surface area contributed by atoms with Crippen molar-refractivity contribution in [3.8, 4) is 0 Å². The second kappa shape index (κ2) is 4.34. The van der Waals surface area contributed by atoms with Gasteiger partial charge in [0.05, 0.1) is 12.1 Å². The Morgan fingerprint density at radius 2 is 1.92 bits per heavy atom. The third kappa shape index (κ3) is 2.00. The number of hydrogen-bond acceptors (Lipinski definition) is 5. The highest BCUT2D eigenvalue weighted by Gasteiger charge is 2.42. The van der Waals surface area contributed by atoms with Gasteiger partial charge in [0.15, 0.2) is 6.29 Å². The summed E-state index contributed by atoms with van der Waals surface area (Å²) in [5.74, 6) is 0. The zero-order valence-electron chi connectivity index (χ0n) is 8.14. The van der Waals surface area contributed by atoms with Crippen molar-refractivity contribution < 1.29 is 19.3 Å². The van der Waals surface area contributed by atoms with Crippen LogP contribution in [0.15, 0.2) is 0 Å². The third-order valence-electron chi connectivity index (χ3n) is 2.39. The number of rotatable bonds is 2. The highest BCUT2D eigenvalue weighted by molar-refractivity contribution is 4.90. The second-order valence-corrected chi connectivity index (χ2v) is 3.21. The van der Waals surface area contributed by atoms with Crippen molar-refractivity contribution in [2.24, 2.45) is 5.73 Å². The molecule has 0 aliphatic carbocycles. The van der Waals surface area contributed by atoms with E-state index in [0.29, 0.717) is 0 Å². The monoisotopic (exact) mass is 191 g/mol. The molecule has 5 nitrogen and oxygen atoms in total. The van der Waals surface area contributed by atoms with Gasteiger partial charge in [-0.25, -0.2) is 0 Å². The summed E-state index contributed by atoms with van der Waals surface area (Å²) in [5.41, 5.74) is 5.69. The van der Waals surface area contributed by atoms with Crippen molar-refractivity contribution in [1.29, 1.82) is 0 Å². The van der Waals surface area contributed by atoms with Crippen LogP contribution < -0.4 is 5.73 Å². The predicted molar refractivity (Wildman–Crippen MR) is 46.1 cm³/mol. The molecule has 1 heterocycles. The van der Waals surface area contributed by atoms with Gasteiger partial charge in [0, 0.05) is 14.2 Å². The van der Waals surface area contributed by atoms with E-state index in [2.05, 4.69) is 0 Å². The Morgan fingerprint density at radius 3 is 2.38 bits per heavy atom. The summed E-state index contributed by atoms with van der Waals surface area (Å²) < 4.78 is 15.5. The van der Waals surface area contributed by atoms with Gasteiger partial charge < -0.3 is 25.1 Å². The first-order valence-electron chi connectivity index (χ1n) is 4.26. The molecule has 3 N–H and O–H groups in total. The molecule has 78 valence electrons. The highest BCUT2D eigenvalue weighted by atomic mass is 16.7. The van der Waals surface area contributed by atoms with E-state index in [-0.39, 0.29) is 6.10 Å². The average Bonchev–Trinajstić information content (AvgIpc) is 2.13. The molecule has 13 heavy (non-hydrogen) atoms. The van der Waals surface area contributed by atoms with E-state index >= 15 is 0 Å². The van der Waals surface area contributed by atoms with E-state index in [1.54, 1.807) is 6.92 Å². The van der Waals surface area contributed by atoms with Crippen molar-refractivity contribution >= 4 is 0 Å². The normalized spacial score (nSPS) is 46.4. The summed E-state index contributed by atoms with van der Waals surface area (Å²) in [5, 5.41) is 9.70. The summed E-state index contributed by atoms with van der Waals surface area (Å²) >= 11 is 0. The highest BCUT2D eigenvalue weighted by Crippen LogP contribution is 2.21. The fourth-order valence-corrected chi connectivity index (χ4v) is 1.48. The summed E-state index contributed by atoms with van der Waals surface area (Å²) in [6.45, 7) is 1.80. The Kier molecular flexibility index (Phi) is 3.63. The van der Waals surface area contributed by atoms with Crippen LogP contribution in [0.2, 0.25) is 0 Å². The van der Waals surface area contributed by atoms with Crippen LogP contribution in [-0.2, 0) is 14.2 Å². The lowest BCUT2D eigenvalue weighted by molar-refractivity contribution is -0.266. The van der Waals surface area contributed by atoms with E-state index in [9.17, 15) is 5.11 Å². The number of aliphatic hydroxyl groups is 1. The standard InChI is InChI=1S/C8H17NO4/c1-4-5(9)6(10)7(11-2)8(12-3)13-4/h4-8,10H,9H2,1-3H3/t4-,5-,6+,7+,8+/m0/s1. The molecule has 0 unspecified atom stereocenters. The maximum atomic E-state index is 9.70. The van der Waals surface area contributed by atoms with Gasteiger partial charge in [-0.2, -0.15) is 0 Å². The van der Waals surface area contributed by atoms with Gasteiger partial charge in [-0.05, 0) is 6.92 Å². The Bertz CT molecular complexity index is 164. The largest absolute Gasteiger partial charge is 0.388 e. The molecule has 1 fully saturated rings. The number of aliphatic hydroxyl groups excluding tert-OH is 1. The molecule has 1 aliphatic heterocycles. The molecule has 0 spiro atoms. The lowest BCUT2D eigenvalue weighted by Crippen LogP contribution is -2.61. The Hall–Kier alpha value is -0.200. The minimum atomic E-state index is -0.751. The van der Waals surface area contributed by atoms with E-state index < -0.39 is 24.5 Å². The van der Waals surface area contributed by atoms with Gasteiger partial charge in [0.25, 0.3) is 0 Å². The van der Waals surface area contributed by atoms with Crippen LogP contribution in [0, 0.1) is 0 Å². The molecule has 0 aromatic heterocycles. The molecule has 1 saturated heterocycles. The van der Waals surface area contributed by atoms with E-state index in [0.717, 1.165) is 0 Å². The third-order valence-corrected chi connectivity index (χ3v) is 2.39. The molecule has 5 atom stereocenters. The summed E-state index contributed by atoms with van der Waals surface area (Å²) in [7, 11) is 3.00. The fraction of sp³-hybridized carbons (Fsp3) is 1.00. The van der Waals surface area contributed by atoms with Crippen molar-refractivity contribution in [3.63, 3.8) is 0 Å². The van der Waals surface area contributed by atoms with E-state index in [4.69, 9.17) is 19.9 Å². The zero-order valence-corrected chi connectivity index (χ0v) is 8.14. The summed E-state index contributed by atoms with van der Waals surface area (Å²) in [6.07, 6.45) is -2.05. The Labute approximate surface area is 77.8 Å². The molecule has 0 amide bonds. The van der Waals surface area contributed by atoms with Gasteiger partial charge in [-0.3, -0.25) is 0 Å². The van der Waals surface area contributed by atoms with E-state index in [1.807, 2.05) is 0 Å². The lowest BCUT2D eigenvalue weighted by Gasteiger charge is -2.40. The minimum Gasteiger partial charge on any atom is -0.388 e. The first-order chi connectivity index (χ1) is 6.11. The molecule has 0 bridgehead atoms. The van der Waals surface area contributed by atoms with Crippen LogP contribution in [0.1, 0.15) is 6.92 Å². The SMILES string of the molecule is CO[C@@H]1O[C@@H](C)[C@H](N)[C@@H](O)[C@H]1OC. The molecular formula is C8H17NO4. The van der Waals surface area contributed by atoms with E-state index in [1.165, 1.54) is 14.2 Å². The minimum absolute atomic E-state index is 0.230. The predicted octanol–water partition coefficient (Wildman–Crippen LogP) is -0.919. The topological polar surface area (TPSA) is 73.9 Å². The molecule has 1 aliphatic rings. The number of methoxy groups -OCH3 is 2. The molecule has 1 rings (SSSR count). The Morgan fingerprint density at radius 1 is 1.31 bits per heavy atom. The maximum absolute atomic E-state index is 9.70. The van der Waals surface area contributed by atoms with Gasteiger partial charge in [0.1, 0.15) is 12.2 Å². The Balaban J connectivity index is 2.69. The van der Waals surface area contributed by atoms with Crippen LogP contribution in [-0.4, -0.2) is 50.0 Å². The lowest BCUT2D eigenvalue weighted by atomic mass is 9.98. The first kappa shape index (κ1) is 10.9. The molecule has 0 aromatic carbocycles. The quantitative estimate of drug-likeness (QED) is 0.590. The smallest absolute Gasteiger partial charge is 0.186 e. The first-order valence-corrected chi connectivity index (χ1v) is 4.26. The maximum Gasteiger partial charge on any atom is 0.186 e. The van der Waals surface area contributed by atoms with Crippen molar-refractivity contribution in [1.82, 2.24) is 0 Å². The zero-order chi connectivity index (χ0) is 10.0. The molecule has 0 radical (unpaired) electrons. The van der Waals surface area contributed by atoms with Crippen molar-refractivity contribution in [2.45, 2.75) is 37.6 Å². The van der Waals surface area contributed by atoms with Gasteiger partial charge in [-0.15, -0.1) is 0 Å². The summed E-state index contributed by atoms with van der Waals surface area (Å²) in [4.78, 5) is 0. The number of hydrogen-bond donors (Lipinski definition) is 2. The average molecular weight is 191 g/mol. The number of nitrogens with two attached hydrogens (primary N) is 1. The molecular weight excluding hydrogens is 174 g/mol. The molecule has 5 heteroatoms. The molecule has 0 aromatic rings. The van der Waals surface area contributed by atoms with Gasteiger partial charge in [0.2, 0.25) is 0 Å². The van der Waals surface area contributed by atoms with Crippen LogP contribution >= 0.6 is 0 Å². The fourth-order valence-electron chi connectivity index (χ4n) is 1.48. The van der Waals surface area contributed by atoms with Crippen LogP contribution in [0.4, 0.5) is 0 Å². The van der Waals surface area contributed by atoms with Gasteiger partial charge >= 0.3 is 0 Å². The van der Waals surface area contributed by atoms with Crippen molar-refractivity contribution in [3.05, 3.63) is 0 Å². The van der Waals surface area contributed by atoms with Crippen LogP contribution in [0.25, 0.3) is 0 Å². The number of ether oxygens (including phenoxy) is 3. The second-order valence-electron chi connectivity index (χ2n) is 3.21.